The molecule has 0 rings (SSSR count). The summed E-state index contributed by atoms with van der Waals surface area (Å²) in [5.74, 6) is -0.569. The average molecular weight is 186 g/mol. The molecule has 0 spiro atoms. The number of carbonyl (C=O) groups is 1. The van der Waals surface area contributed by atoms with Crippen molar-refractivity contribution in [3.8, 4) is 0 Å². The van der Waals surface area contributed by atoms with Crippen molar-refractivity contribution in [2.45, 2.75) is 27.7 Å². The molecule has 0 aliphatic rings. The summed E-state index contributed by atoms with van der Waals surface area (Å²) in [5.41, 5.74) is 0.214. The number of rotatable bonds is 2. The third kappa shape index (κ3) is 5.96. The minimum atomic E-state index is -0.513. The van der Waals surface area contributed by atoms with Gasteiger partial charge in [-0.3, -0.25) is 0 Å². The predicted octanol–water partition coefficient (Wildman–Crippen LogP) is 2.59. The van der Waals surface area contributed by atoms with E-state index in [-0.39, 0.29) is 11.3 Å². The van der Waals surface area contributed by atoms with Gasteiger partial charge in [0.25, 0.3) is 0 Å². The monoisotopic (exact) mass is 186 g/mol. The molecule has 0 aromatic carbocycles. The highest BCUT2D eigenvalue weighted by Gasteiger charge is 2.06. The molecule has 0 aromatic rings. The molecule has 0 atom stereocenters. The fraction of sp³-hybridized carbons (Fsp3) is 0.500. The van der Waals surface area contributed by atoms with Crippen LogP contribution in [-0.2, 0) is 9.53 Å². The van der Waals surface area contributed by atoms with Gasteiger partial charge >= 0.3 is 5.97 Å². The first kappa shape index (κ1) is 14.3. The lowest BCUT2D eigenvalue weighted by molar-refractivity contribution is -0.136. The van der Waals surface area contributed by atoms with Crippen LogP contribution in [0.2, 0.25) is 0 Å². The molecule has 0 heterocycles. The molecular weight excluding hydrogens is 168 g/mol. The molecule has 0 radical (unpaired) electrons. The summed E-state index contributed by atoms with van der Waals surface area (Å²) in [4.78, 5) is 10.8. The van der Waals surface area contributed by atoms with E-state index in [0.717, 1.165) is 0 Å². The summed E-state index contributed by atoms with van der Waals surface area (Å²) in [6, 6.07) is 0. The van der Waals surface area contributed by atoms with Gasteiger partial charge in [-0.25, -0.2) is 4.79 Å². The summed E-state index contributed by atoms with van der Waals surface area (Å²) in [6.07, 6.45) is 3.08. The molecule has 0 bridgehead atoms. The van der Waals surface area contributed by atoms with Crippen molar-refractivity contribution in [1.82, 2.24) is 0 Å². The molecule has 1 N–H and O–H groups in total. The molecule has 0 aliphatic heterocycles. The number of aliphatic hydroxyl groups excluding tert-OH is 1. The lowest BCUT2D eigenvalue weighted by Gasteiger charge is -1.98. The topological polar surface area (TPSA) is 46.5 Å². The van der Waals surface area contributed by atoms with Crippen LogP contribution in [0.4, 0.5) is 0 Å². The molecule has 0 amide bonds. The Morgan fingerprint density at radius 3 is 2.15 bits per heavy atom. The molecule has 0 saturated heterocycles. The van der Waals surface area contributed by atoms with Crippen molar-refractivity contribution in [3.05, 3.63) is 23.5 Å². The van der Waals surface area contributed by atoms with Crippen molar-refractivity contribution in [1.29, 1.82) is 0 Å². The van der Waals surface area contributed by atoms with Gasteiger partial charge in [0.05, 0.1) is 12.7 Å². The Hall–Kier alpha value is -1.25. The van der Waals surface area contributed by atoms with Crippen LogP contribution in [0.15, 0.2) is 23.5 Å². The van der Waals surface area contributed by atoms with Crippen LogP contribution in [-0.4, -0.2) is 18.2 Å². The van der Waals surface area contributed by atoms with E-state index in [0.29, 0.717) is 0 Å². The molecule has 0 unspecified atom stereocenters. The Morgan fingerprint density at radius 1 is 1.38 bits per heavy atom. The van der Waals surface area contributed by atoms with Gasteiger partial charge in [-0.1, -0.05) is 19.9 Å². The second-order valence-corrected chi connectivity index (χ2v) is 2.00. The number of esters is 1. The zero-order valence-corrected chi connectivity index (χ0v) is 8.92. The van der Waals surface area contributed by atoms with Gasteiger partial charge < -0.3 is 9.84 Å². The van der Waals surface area contributed by atoms with Gasteiger partial charge in [0.2, 0.25) is 0 Å². The van der Waals surface area contributed by atoms with Crippen LogP contribution in [0, 0.1) is 0 Å². The Bertz CT molecular complexity index is 202. The zero-order valence-electron chi connectivity index (χ0n) is 8.92. The number of hydrogen-bond acceptors (Lipinski definition) is 3. The number of allylic oxidation sites excluding steroid dienone is 2. The maximum Gasteiger partial charge on any atom is 0.337 e. The van der Waals surface area contributed by atoms with E-state index < -0.39 is 5.97 Å². The first-order valence-electron chi connectivity index (χ1n) is 4.24. The number of hydrogen-bond donors (Lipinski definition) is 1. The first-order chi connectivity index (χ1) is 6.13. The van der Waals surface area contributed by atoms with Crippen LogP contribution in [0.25, 0.3) is 0 Å². The van der Waals surface area contributed by atoms with Crippen LogP contribution in [0.5, 0.6) is 0 Å². The third-order valence-electron chi connectivity index (χ3n) is 1.20. The van der Waals surface area contributed by atoms with Gasteiger partial charge in [-0.2, -0.15) is 0 Å². The quantitative estimate of drug-likeness (QED) is 0.312. The summed E-state index contributed by atoms with van der Waals surface area (Å²) >= 11 is 0. The fourth-order valence-electron chi connectivity index (χ4n) is 0.541. The highest BCUT2D eigenvalue weighted by atomic mass is 16.5. The first-order valence-corrected chi connectivity index (χ1v) is 4.24. The van der Waals surface area contributed by atoms with Gasteiger partial charge in [0, 0.05) is 0 Å². The number of ether oxygens (including phenoxy) is 1. The number of carbonyl (C=O) groups excluding carboxylic acids is 1. The van der Waals surface area contributed by atoms with Crippen LogP contribution in [0.1, 0.15) is 27.7 Å². The Labute approximate surface area is 79.7 Å². The van der Waals surface area contributed by atoms with Gasteiger partial charge in [-0.15, -0.1) is 0 Å². The molecule has 3 nitrogen and oxygen atoms in total. The lowest BCUT2D eigenvalue weighted by atomic mass is 10.2. The second-order valence-electron chi connectivity index (χ2n) is 2.00. The van der Waals surface area contributed by atoms with E-state index in [9.17, 15) is 4.79 Å². The van der Waals surface area contributed by atoms with E-state index in [2.05, 4.69) is 4.74 Å². The Kier molecular flexibility index (Phi) is 9.72. The van der Waals surface area contributed by atoms with E-state index in [1.165, 1.54) is 20.1 Å². The summed E-state index contributed by atoms with van der Waals surface area (Å²) in [5, 5.41) is 9.11. The highest BCUT2D eigenvalue weighted by molar-refractivity contribution is 5.88. The molecule has 76 valence electrons. The molecular formula is C10H18O3. The van der Waals surface area contributed by atoms with E-state index in [1.807, 2.05) is 13.8 Å². The largest absolute Gasteiger partial charge is 0.507 e. The van der Waals surface area contributed by atoms with Crippen molar-refractivity contribution in [2.75, 3.05) is 7.11 Å². The Balaban J connectivity index is 0. The number of aliphatic hydroxyl groups is 1. The minimum Gasteiger partial charge on any atom is -0.507 e. The third-order valence-corrected chi connectivity index (χ3v) is 1.20. The molecule has 0 saturated carbocycles. The van der Waals surface area contributed by atoms with Crippen LogP contribution >= 0.6 is 0 Å². The smallest absolute Gasteiger partial charge is 0.337 e. The SMILES string of the molecule is C/C=C\C(O)=C(/C)C(=O)OC.CC. The summed E-state index contributed by atoms with van der Waals surface area (Å²) in [7, 11) is 1.27. The number of methoxy groups -OCH3 is 1. The maximum absolute atomic E-state index is 10.8. The van der Waals surface area contributed by atoms with E-state index in [4.69, 9.17) is 5.11 Å². The van der Waals surface area contributed by atoms with Crippen LogP contribution in [0.3, 0.4) is 0 Å². The van der Waals surface area contributed by atoms with E-state index >= 15 is 0 Å². The van der Waals surface area contributed by atoms with Gasteiger partial charge in [0.1, 0.15) is 5.76 Å². The van der Waals surface area contributed by atoms with Gasteiger partial charge in [0.15, 0.2) is 0 Å². The minimum absolute atomic E-state index is 0.0562. The molecule has 0 aliphatic carbocycles. The fourth-order valence-corrected chi connectivity index (χ4v) is 0.541. The van der Waals surface area contributed by atoms with Crippen molar-refractivity contribution < 1.29 is 14.6 Å². The highest BCUT2D eigenvalue weighted by Crippen LogP contribution is 2.03. The van der Waals surface area contributed by atoms with Crippen molar-refractivity contribution >= 4 is 5.97 Å². The lowest BCUT2D eigenvalue weighted by Crippen LogP contribution is -2.03. The average Bonchev–Trinajstić information content (AvgIpc) is 2.19. The van der Waals surface area contributed by atoms with Crippen molar-refractivity contribution in [2.24, 2.45) is 0 Å². The second kappa shape index (κ2) is 8.84. The zero-order chi connectivity index (χ0) is 10.9. The maximum atomic E-state index is 10.8. The predicted molar refractivity (Wildman–Crippen MR) is 53.5 cm³/mol. The summed E-state index contributed by atoms with van der Waals surface area (Å²) in [6.45, 7) is 7.25. The molecule has 3 heteroatoms. The standard InChI is InChI=1S/C8H12O3.C2H6/c1-4-5-7(9)6(2)8(10)11-3;1-2/h4-5,9H,1-3H3;1-2H3/b5-4-,7-6-;. The molecule has 0 aromatic heterocycles. The van der Waals surface area contributed by atoms with Crippen LogP contribution < -0.4 is 0 Å². The normalized spacial score (nSPS) is 11.5. The Morgan fingerprint density at radius 2 is 1.85 bits per heavy atom. The summed E-state index contributed by atoms with van der Waals surface area (Å²) < 4.78 is 4.39. The molecule has 0 fully saturated rings. The molecule has 13 heavy (non-hydrogen) atoms. The van der Waals surface area contributed by atoms with Crippen molar-refractivity contribution in [3.63, 3.8) is 0 Å². The van der Waals surface area contributed by atoms with E-state index in [1.54, 1.807) is 13.0 Å². The van der Waals surface area contributed by atoms with Gasteiger partial charge in [-0.05, 0) is 19.9 Å².